The lowest BCUT2D eigenvalue weighted by molar-refractivity contribution is -0.132. The van der Waals surface area contributed by atoms with E-state index in [0.29, 0.717) is 46.8 Å². The van der Waals surface area contributed by atoms with E-state index < -0.39 is 23.5 Å². The second-order valence-corrected chi connectivity index (χ2v) is 9.18. The zero-order valence-corrected chi connectivity index (χ0v) is 22.1. The van der Waals surface area contributed by atoms with Crippen LogP contribution in [0.2, 0.25) is 0 Å². The van der Waals surface area contributed by atoms with Crippen molar-refractivity contribution < 1.29 is 33.6 Å². The Labute approximate surface area is 222 Å². The van der Waals surface area contributed by atoms with Crippen LogP contribution in [0.3, 0.4) is 0 Å². The van der Waals surface area contributed by atoms with Gasteiger partial charge in [0, 0.05) is 5.69 Å². The number of aliphatic hydroxyl groups is 1. The summed E-state index contributed by atoms with van der Waals surface area (Å²) in [4.78, 5) is 28.4. The van der Waals surface area contributed by atoms with Gasteiger partial charge in [-0.2, -0.15) is 0 Å². The third kappa shape index (κ3) is 5.02. The number of Topliss-reactive ketones (excluding diaryl/α,β-unsaturated/α-hetero) is 1. The summed E-state index contributed by atoms with van der Waals surface area (Å²) >= 11 is 0. The number of ether oxygens (including phenoxy) is 4. The van der Waals surface area contributed by atoms with E-state index >= 15 is 0 Å². The first kappa shape index (κ1) is 26.6. The molecule has 1 amide bonds. The molecule has 1 aliphatic heterocycles. The van der Waals surface area contributed by atoms with Gasteiger partial charge in [0.05, 0.1) is 39.6 Å². The summed E-state index contributed by atoms with van der Waals surface area (Å²) in [5.74, 6) is 0.134. The van der Waals surface area contributed by atoms with Crippen LogP contribution in [0.4, 0.5) is 5.69 Å². The second kappa shape index (κ2) is 11.3. The Morgan fingerprint density at radius 1 is 0.868 bits per heavy atom. The molecule has 198 valence electrons. The lowest BCUT2D eigenvalue weighted by atomic mass is 9.94. The molecule has 1 saturated heterocycles. The van der Waals surface area contributed by atoms with Crippen LogP contribution in [-0.4, -0.2) is 44.7 Å². The summed E-state index contributed by atoms with van der Waals surface area (Å²) in [5, 5.41) is 11.6. The van der Waals surface area contributed by atoms with Crippen molar-refractivity contribution in [3.63, 3.8) is 0 Å². The van der Waals surface area contributed by atoms with Gasteiger partial charge in [-0.15, -0.1) is 0 Å². The molecule has 1 N–H and O–H groups in total. The first-order chi connectivity index (χ1) is 18.3. The zero-order valence-electron chi connectivity index (χ0n) is 22.1. The van der Waals surface area contributed by atoms with Crippen LogP contribution >= 0.6 is 0 Å². The number of rotatable bonds is 9. The average molecular weight is 518 g/mol. The monoisotopic (exact) mass is 517 g/mol. The molecule has 0 aromatic heterocycles. The van der Waals surface area contributed by atoms with Gasteiger partial charge in [0.25, 0.3) is 11.7 Å². The normalized spacial score (nSPS) is 16.6. The number of hydrogen-bond donors (Lipinski definition) is 1. The fourth-order valence-corrected chi connectivity index (χ4v) is 4.41. The number of benzene rings is 3. The van der Waals surface area contributed by atoms with Crippen molar-refractivity contribution in [2.75, 3.05) is 32.8 Å². The third-order valence-corrected chi connectivity index (χ3v) is 6.22. The number of amides is 1. The number of carbonyl (C=O) groups excluding carboxylic acids is 2. The summed E-state index contributed by atoms with van der Waals surface area (Å²) in [6.07, 6.45) is 0. The molecule has 1 atom stereocenters. The van der Waals surface area contributed by atoms with Gasteiger partial charge in [0.2, 0.25) is 0 Å². The smallest absolute Gasteiger partial charge is 0.300 e. The molecule has 0 saturated carbocycles. The van der Waals surface area contributed by atoms with E-state index in [4.69, 9.17) is 18.9 Å². The van der Waals surface area contributed by atoms with Gasteiger partial charge in [-0.05, 0) is 60.0 Å². The Bertz CT molecular complexity index is 1340. The Balaban J connectivity index is 1.91. The molecule has 0 spiro atoms. The van der Waals surface area contributed by atoms with E-state index in [1.54, 1.807) is 66.7 Å². The van der Waals surface area contributed by atoms with Crippen LogP contribution in [0.25, 0.3) is 5.76 Å². The standard InChI is InChI=1S/C30H31NO7/c1-18(2)17-38-21-14-12-20(13-15-21)31-27(19-8-6-9-22(16-19)35-3)26(29(33)30(31)34)28(32)25-23(36-4)10-7-11-24(25)37-5/h6-16,18,27,32H,17H2,1-5H3/b28-26+. The number of ketones is 1. The lowest BCUT2D eigenvalue weighted by Gasteiger charge is -2.26. The molecule has 38 heavy (non-hydrogen) atoms. The minimum absolute atomic E-state index is 0.0915. The summed E-state index contributed by atoms with van der Waals surface area (Å²) in [5.41, 5.74) is 1.15. The maximum absolute atomic E-state index is 13.5. The zero-order chi connectivity index (χ0) is 27.4. The minimum atomic E-state index is -0.942. The summed E-state index contributed by atoms with van der Waals surface area (Å²) < 4.78 is 22.1. The van der Waals surface area contributed by atoms with E-state index in [2.05, 4.69) is 13.8 Å². The number of aliphatic hydroxyl groups excluding tert-OH is 1. The molecule has 1 fully saturated rings. The largest absolute Gasteiger partial charge is 0.506 e. The SMILES string of the molecule is COc1cccc(C2/C(=C(\O)c3c(OC)cccc3OC)C(=O)C(=O)N2c2ccc(OCC(C)C)cc2)c1. The van der Waals surface area contributed by atoms with Gasteiger partial charge in [-0.3, -0.25) is 14.5 Å². The highest BCUT2D eigenvalue weighted by Gasteiger charge is 2.47. The van der Waals surface area contributed by atoms with E-state index in [1.165, 1.54) is 26.2 Å². The number of methoxy groups -OCH3 is 3. The topological polar surface area (TPSA) is 94.5 Å². The van der Waals surface area contributed by atoms with Crippen LogP contribution in [0.5, 0.6) is 23.0 Å². The molecule has 3 aromatic rings. The van der Waals surface area contributed by atoms with Crippen LogP contribution < -0.4 is 23.8 Å². The molecule has 3 aromatic carbocycles. The molecule has 1 unspecified atom stereocenters. The fraction of sp³-hybridized carbons (Fsp3) is 0.267. The van der Waals surface area contributed by atoms with E-state index in [-0.39, 0.29) is 11.1 Å². The number of hydrogen-bond acceptors (Lipinski definition) is 7. The quantitative estimate of drug-likeness (QED) is 0.232. The minimum Gasteiger partial charge on any atom is -0.506 e. The van der Waals surface area contributed by atoms with Gasteiger partial charge >= 0.3 is 0 Å². The lowest BCUT2D eigenvalue weighted by Crippen LogP contribution is -2.29. The van der Waals surface area contributed by atoms with Crippen LogP contribution in [0.15, 0.2) is 72.3 Å². The molecular weight excluding hydrogens is 486 g/mol. The predicted molar refractivity (Wildman–Crippen MR) is 144 cm³/mol. The molecular formula is C30H31NO7. The Morgan fingerprint density at radius 2 is 1.50 bits per heavy atom. The van der Waals surface area contributed by atoms with Crippen molar-refractivity contribution in [2.45, 2.75) is 19.9 Å². The van der Waals surface area contributed by atoms with E-state index in [9.17, 15) is 14.7 Å². The van der Waals surface area contributed by atoms with Gasteiger partial charge in [0.15, 0.2) is 0 Å². The molecule has 1 heterocycles. The van der Waals surface area contributed by atoms with Gasteiger partial charge in [-0.25, -0.2) is 0 Å². The first-order valence-electron chi connectivity index (χ1n) is 12.2. The maximum Gasteiger partial charge on any atom is 0.300 e. The van der Waals surface area contributed by atoms with Crippen LogP contribution in [0, 0.1) is 5.92 Å². The molecule has 4 rings (SSSR count). The van der Waals surface area contributed by atoms with Crippen molar-refractivity contribution in [3.05, 3.63) is 83.4 Å². The Morgan fingerprint density at radius 3 is 2.08 bits per heavy atom. The molecule has 0 bridgehead atoms. The average Bonchev–Trinajstić information content (AvgIpc) is 3.21. The first-order valence-corrected chi connectivity index (χ1v) is 12.2. The van der Waals surface area contributed by atoms with Crippen LogP contribution in [0.1, 0.15) is 31.0 Å². The van der Waals surface area contributed by atoms with Crippen molar-refractivity contribution >= 4 is 23.1 Å². The summed E-state index contributed by atoms with van der Waals surface area (Å²) in [7, 11) is 4.44. The second-order valence-electron chi connectivity index (χ2n) is 9.18. The van der Waals surface area contributed by atoms with Gasteiger partial charge in [0.1, 0.15) is 34.3 Å². The number of anilines is 1. The third-order valence-electron chi connectivity index (χ3n) is 6.22. The van der Waals surface area contributed by atoms with Gasteiger partial charge < -0.3 is 24.1 Å². The molecule has 0 aliphatic carbocycles. The molecule has 8 heteroatoms. The number of carbonyl (C=O) groups is 2. The maximum atomic E-state index is 13.5. The van der Waals surface area contributed by atoms with Crippen molar-refractivity contribution in [2.24, 2.45) is 5.92 Å². The Kier molecular flexibility index (Phi) is 7.90. The highest BCUT2D eigenvalue weighted by atomic mass is 16.5. The highest BCUT2D eigenvalue weighted by molar-refractivity contribution is 6.51. The highest BCUT2D eigenvalue weighted by Crippen LogP contribution is 2.45. The van der Waals surface area contributed by atoms with E-state index in [1.807, 2.05) is 0 Å². The summed E-state index contributed by atoms with van der Waals surface area (Å²) in [6, 6.07) is 18.0. The molecule has 8 nitrogen and oxygen atoms in total. The fourth-order valence-electron chi connectivity index (χ4n) is 4.41. The number of nitrogens with zero attached hydrogens (tertiary/aromatic N) is 1. The molecule has 0 radical (unpaired) electrons. The van der Waals surface area contributed by atoms with Crippen molar-refractivity contribution in [1.29, 1.82) is 0 Å². The van der Waals surface area contributed by atoms with Crippen LogP contribution in [-0.2, 0) is 9.59 Å². The van der Waals surface area contributed by atoms with Crippen molar-refractivity contribution in [3.8, 4) is 23.0 Å². The summed E-state index contributed by atoms with van der Waals surface area (Å²) in [6.45, 7) is 4.66. The van der Waals surface area contributed by atoms with E-state index in [0.717, 1.165) is 0 Å². The Hall–Kier alpha value is -4.46. The molecule has 1 aliphatic rings. The predicted octanol–water partition coefficient (Wildman–Crippen LogP) is 5.37. The van der Waals surface area contributed by atoms with Crippen molar-refractivity contribution in [1.82, 2.24) is 0 Å². The van der Waals surface area contributed by atoms with Gasteiger partial charge in [-0.1, -0.05) is 32.0 Å².